The zero-order chi connectivity index (χ0) is 14.0. The molecule has 2 unspecified atom stereocenters. The van der Waals surface area contributed by atoms with Crippen molar-refractivity contribution in [1.29, 1.82) is 0 Å². The average molecular weight is 324 g/mol. The van der Waals surface area contributed by atoms with Crippen LogP contribution in [0.15, 0.2) is 28.7 Å². The van der Waals surface area contributed by atoms with Crippen LogP contribution in [0, 0.1) is 11.3 Å². The first kappa shape index (κ1) is 15.1. The second-order valence-corrected chi connectivity index (χ2v) is 7.87. The van der Waals surface area contributed by atoms with Gasteiger partial charge in [0.2, 0.25) is 0 Å². The molecule has 1 nitrogen and oxygen atoms in total. The zero-order valence-corrected chi connectivity index (χ0v) is 14.1. The first-order chi connectivity index (χ1) is 8.87. The Morgan fingerprint density at radius 2 is 1.95 bits per heavy atom. The van der Waals surface area contributed by atoms with Crippen LogP contribution in [0.1, 0.15) is 58.6 Å². The molecular formula is C17H26BrN. The van der Waals surface area contributed by atoms with Crippen LogP contribution in [0.4, 0.5) is 0 Å². The summed E-state index contributed by atoms with van der Waals surface area (Å²) in [4.78, 5) is 0. The van der Waals surface area contributed by atoms with Gasteiger partial charge < -0.3 is 5.32 Å². The summed E-state index contributed by atoms with van der Waals surface area (Å²) in [6.45, 7) is 9.46. The molecule has 1 aromatic rings. The Labute approximate surface area is 126 Å². The van der Waals surface area contributed by atoms with Crippen LogP contribution < -0.4 is 5.32 Å². The molecule has 0 heterocycles. The maximum absolute atomic E-state index is 3.83. The molecule has 0 aliphatic heterocycles. The highest BCUT2D eigenvalue weighted by molar-refractivity contribution is 9.10. The van der Waals surface area contributed by atoms with E-state index in [1.165, 1.54) is 29.3 Å². The number of hydrogen-bond acceptors (Lipinski definition) is 1. The Morgan fingerprint density at radius 1 is 1.26 bits per heavy atom. The van der Waals surface area contributed by atoms with Crippen molar-refractivity contribution in [3.8, 4) is 0 Å². The van der Waals surface area contributed by atoms with Crippen molar-refractivity contribution in [2.75, 3.05) is 0 Å². The second kappa shape index (κ2) is 5.97. The molecule has 1 aliphatic carbocycles. The summed E-state index contributed by atoms with van der Waals surface area (Å²) in [6, 6.07) is 9.57. The van der Waals surface area contributed by atoms with Gasteiger partial charge in [0, 0.05) is 16.6 Å². The summed E-state index contributed by atoms with van der Waals surface area (Å²) < 4.78 is 1.21. The van der Waals surface area contributed by atoms with Crippen molar-refractivity contribution in [1.82, 2.24) is 5.32 Å². The van der Waals surface area contributed by atoms with E-state index in [1.54, 1.807) is 0 Å². The third kappa shape index (κ3) is 4.06. The van der Waals surface area contributed by atoms with Crippen LogP contribution in [-0.4, -0.2) is 6.04 Å². The smallest absolute Gasteiger partial charge is 0.0305 e. The summed E-state index contributed by atoms with van der Waals surface area (Å²) in [5.41, 5.74) is 1.83. The van der Waals surface area contributed by atoms with Gasteiger partial charge in [-0.25, -0.2) is 0 Å². The Balaban J connectivity index is 2.03. The molecule has 1 aliphatic rings. The van der Waals surface area contributed by atoms with Gasteiger partial charge in [-0.15, -0.1) is 0 Å². The Bertz CT molecular complexity index is 427. The summed E-state index contributed by atoms with van der Waals surface area (Å²) >= 11 is 3.66. The Kier molecular flexibility index (Phi) is 4.73. The lowest BCUT2D eigenvalue weighted by Gasteiger charge is -2.40. The van der Waals surface area contributed by atoms with Crippen molar-refractivity contribution in [3.05, 3.63) is 34.3 Å². The van der Waals surface area contributed by atoms with Crippen LogP contribution in [0.2, 0.25) is 0 Å². The fourth-order valence-corrected chi connectivity index (χ4v) is 4.37. The van der Waals surface area contributed by atoms with E-state index in [0.717, 1.165) is 5.92 Å². The standard InChI is InChI=1S/C17H26BrN/c1-12-9-14(11-17(3,4)10-12)19-13(2)15-7-5-6-8-16(15)18/h5-8,12-14,19H,9-11H2,1-4H3/t12?,13-,14?/m1/s1. The quantitative estimate of drug-likeness (QED) is 0.794. The maximum Gasteiger partial charge on any atom is 0.0305 e. The van der Waals surface area contributed by atoms with Crippen molar-refractivity contribution < 1.29 is 0 Å². The van der Waals surface area contributed by atoms with Crippen molar-refractivity contribution in [2.45, 2.75) is 59.0 Å². The number of halogens is 1. The highest BCUT2D eigenvalue weighted by Crippen LogP contribution is 2.39. The molecule has 0 saturated heterocycles. The monoisotopic (exact) mass is 323 g/mol. The van der Waals surface area contributed by atoms with E-state index in [9.17, 15) is 0 Å². The molecule has 2 rings (SSSR count). The molecule has 0 amide bonds. The topological polar surface area (TPSA) is 12.0 Å². The minimum absolute atomic E-state index is 0.404. The van der Waals surface area contributed by atoms with Gasteiger partial charge in [0.15, 0.2) is 0 Å². The molecule has 2 heteroatoms. The van der Waals surface area contributed by atoms with Crippen molar-refractivity contribution >= 4 is 15.9 Å². The lowest BCUT2D eigenvalue weighted by Crippen LogP contribution is -2.41. The van der Waals surface area contributed by atoms with Crippen molar-refractivity contribution in [2.24, 2.45) is 11.3 Å². The van der Waals surface area contributed by atoms with Crippen LogP contribution in [0.5, 0.6) is 0 Å². The molecule has 106 valence electrons. The third-order valence-electron chi connectivity index (χ3n) is 4.24. The number of hydrogen-bond donors (Lipinski definition) is 1. The van der Waals surface area contributed by atoms with Gasteiger partial charge >= 0.3 is 0 Å². The zero-order valence-electron chi connectivity index (χ0n) is 12.5. The average Bonchev–Trinajstić information content (AvgIpc) is 2.26. The molecule has 0 radical (unpaired) electrons. The van der Waals surface area contributed by atoms with Crippen LogP contribution in [0.25, 0.3) is 0 Å². The minimum atomic E-state index is 0.404. The molecule has 1 N–H and O–H groups in total. The van der Waals surface area contributed by atoms with Crippen LogP contribution >= 0.6 is 15.9 Å². The SMILES string of the molecule is CC1CC(N[C@H](C)c2ccccc2Br)CC(C)(C)C1. The highest BCUT2D eigenvalue weighted by Gasteiger charge is 2.32. The summed E-state index contributed by atoms with van der Waals surface area (Å²) in [5, 5.41) is 3.83. The molecular weight excluding hydrogens is 298 g/mol. The summed E-state index contributed by atoms with van der Waals surface area (Å²) in [5.74, 6) is 0.827. The van der Waals surface area contributed by atoms with E-state index in [1.807, 2.05) is 0 Å². The Morgan fingerprint density at radius 3 is 2.58 bits per heavy atom. The van der Waals surface area contributed by atoms with E-state index >= 15 is 0 Å². The fourth-order valence-electron chi connectivity index (χ4n) is 3.74. The largest absolute Gasteiger partial charge is 0.307 e. The molecule has 0 bridgehead atoms. The number of rotatable bonds is 3. The van der Waals surface area contributed by atoms with E-state index < -0.39 is 0 Å². The van der Waals surface area contributed by atoms with Crippen LogP contribution in [0.3, 0.4) is 0 Å². The molecule has 1 aromatic carbocycles. The lowest BCUT2D eigenvalue weighted by atomic mass is 9.70. The van der Waals surface area contributed by atoms with E-state index in [2.05, 4.69) is 73.2 Å². The third-order valence-corrected chi connectivity index (χ3v) is 4.97. The van der Waals surface area contributed by atoms with Gasteiger partial charge in [0.05, 0.1) is 0 Å². The lowest BCUT2D eigenvalue weighted by molar-refractivity contribution is 0.145. The summed E-state index contributed by atoms with van der Waals surface area (Å²) in [6.07, 6.45) is 3.94. The second-order valence-electron chi connectivity index (χ2n) is 7.02. The highest BCUT2D eigenvalue weighted by atomic mass is 79.9. The molecule has 3 atom stereocenters. The number of nitrogens with one attached hydrogen (secondary N) is 1. The molecule has 19 heavy (non-hydrogen) atoms. The van der Waals surface area contributed by atoms with Crippen LogP contribution in [-0.2, 0) is 0 Å². The minimum Gasteiger partial charge on any atom is -0.307 e. The van der Waals surface area contributed by atoms with E-state index in [-0.39, 0.29) is 0 Å². The molecule has 0 spiro atoms. The number of benzene rings is 1. The predicted molar refractivity (Wildman–Crippen MR) is 86.3 cm³/mol. The van der Waals surface area contributed by atoms with Gasteiger partial charge in [-0.1, -0.05) is 54.9 Å². The molecule has 1 saturated carbocycles. The molecule has 1 fully saturated rings. The van der Waals surface area contributed by atoms with E-state index in [0.29, 0.717) is 17.5 Å². The summed E-state index contributed by atoms with van der Waals surface area (Å²) in [7, 11) is 0. The van der Waals surface area contributed by atoms with Gasteiger partial charge in [0.1, 0.15) is 0 Å². The maximum atomic E-state index is 3.83. The predicted octanol–water partition coefficient (Wildman–Crippen LogP) is 5.31. The fraction of sp³-hybridized carbons (Fsp3) is 0.647. The first-order valence-electron chi connectivity index (χ1n) is 7.38. The van der Waals surface area contributed by atoms with Gasteiger partial charge in [-0.3, -0.25) is 0 Å². The normalized spacial score (nSPS) is 28.1. The first-order valence-corrected chi connectivity index (χ1v) is 8.17. The Hall–Kier alpha value is -0.340. The van der Waals surface area contributed by atoms with Gasteiger partial charge in [-0.05, 0) is 49.1 Å². The van der Waals surface area contributed by atoms with Gasteiger partial charge in [-0.2, -0.15) is 0 Å². The van der Waals surface area contributed by atoms with E-state index in [4.69, 9.17) is 0 Å². The van der Waals surface area contributed by atoms with Crippen molar-refractivity contribution in [3.63, 3.8) is 0 Å². The molecule has 0 aromatic heterocycles. The van der Waals surface area contributed by atoms with Gasteiger partial charge in [0.25, 0.3) is 0 Å².